The molecule has 0 atom stereocenters. The summed E-state index contributed by atoms with van der Waals surface area (Å²) < 4.78 is 19.0. The van der Waals surface area contributed by atoms with Gasteiger partial charge < -0.3 is 19.3 Å². The van der Waals surface area contributed by atoms with Gasteiger partial charge in [-0.2, -0.15) is 0 Å². The fraction of sp³-hybridized carbons (Fsp3) is 0.375. The molecule has 8 heteroatoms. The number of benzene rings is 1. The van der Waals surface area contributed by atoms with Gasteiger partial charge in [0, 0.05) is 30.4 Å². The van der Waals surface area contributed by atoms with Gasteiger partial charge in [-0.25, -0.2) is 9.67 Å². The lowest BCUT2D eigenvalue weighted by Crippen LogP contribution is -2.03. The molecule has 0 aliphatic carbocycles. The Morgan fingerprint density at radius 3 is 2.59 bits per heavy atom. The van der Waals surface area contributed by atoms with Crippen LogP contribution in [0.5, 0.6) is 17.4 Å². The standard InChI is InChI=1S/C24H29N3O5/c1-3-30-21-16-20(12-10-18(21)11-13-23(28)29)32-15-7-8-19-17-27(26-24(19)31-4-2)22-9-5-6-14-25-22/h5-6,9-10,12,14,16-17H,3-4,7-8,11,13,15H2,1-2H3,(H,28,29). The highest BCUT2D eigenvalue weighted by molar-refractivity contribution is 5.67. The highest BCUT2D eigenvalue weighted by atomic mass is 16.5. The average Bonchev–Trinajstić information content (AvgIpc) is 3.20. The summed E-state index contributed by atoms with van der Waals surface area (Å²) in [6.45, 7) is 5.39. The Bertz CT molecular complexity index is 1000. The van der Waals surface area contributed by atoms with Crippen molar-refractivity contribution in [3.63, 3.8) is 0 Å². The first-order chi connectivity index (χ1) is 15.6. The van der Waals surface area contributed by atoms with Gasteiger partial charge in [-0.05, 0) is 56.9 Å². The molecule has 0 radical (unpaired) electrons. The molecular weight excluding hydrogens is 410 g/mol. The van der Waals surface area contributed by atoms with Gasteiger partial charge in [-0.15, -0.1) is 5.10 Å². The molecule has 8 nitrogen and oxygen atoms in total. The number of nitrogens with zero attached hydrogens (tertiary/aromatic N) is 3. The molecule has 170 valence electrons. The maximum atomic E-state index is 10.9. The van der Waals surface area contributed by atoms with Crippen LogP contribution >= 0.6 is 0 Å². The van der Waals surface area contributed by atoms with Crippen molar-refractivity contribution in [2.45, 2.75) is 39.5 Å². The van der Waals surface area contributed by atoms with Crippen molar-refractivity contribution in [1.29, 1.82) is 0 Å². The van der Waals surface area contributed by atoms with Crippen LogP contribution in [0.25, 0.3) is 5.82 Å². The number of carboxylic acids is 1. The van der Waals surface area contributed by atoms with Crippen LogP contribution in [-0.2, 0) is 17.6 Å². The molecule has 1 N–H and O–H groups in total. The molecule has 0 saturated heterocycles. The van der Waals surface area contributed by atoms with Crippen molar-refractivity contribution in [3.05, 3.63) is 59.9 Å². The number of hydrogen-bond donors (Lipinski definition) is 1. The van der Waals surface area contributed by atoms with Gasteiger partial charge in [0.25, 0.3) is 0 Å². The highest BCUT2D eigenvalue weighted by Gasteiger charge is 2.12. The summed E-state index contributed by atoms with van der Waals surface area (Å²) in [5.74, 6) is 1.88. The summed E-state index contributed by atoms with van der Waals surface area (Å²) in [4.78, 5) is 15.2. The molecule has 0 unspecified atom stereocenters. The van der Waals surface area contributed by atoms with Crippen molar-refractivity contribution >= 4 is 5.97 Å². The summed E-state index contributed by atoms with van der Waals surface area (Å²) in [6.07, 6.45) is 5.68. The topological polar surface area (TPSA) is 95.7 Å². The third-order valence-electron chi connectivity index (χ3n) is 4.72. The molecule has 0 spiro atoms. The first-order valence-electron chi connectivity index (χ1n) is 10.8. The van der Waals surface area contributed by atoms with Crippen LogP contribution in [0.1, 0.15) is 37.8 Å². The van der Waals surface area contributed by atoms with E-state index in [1.54, 1.807) is 10.9 Å². The smallest absolute Gasteiger partial charge is 0.303 e. The third-order valence-corrected chi connectivity index (χ3v) is 4.72. The quantitative estimate of drug-likeness (QED) is 0.401. The largest absolute Gasteiger partial charge is 0.493 e. The SMILES string of the molecule is CCOc1cc(OCCCc2cn(-c3ccccn3)nc2OCC)ccc1CCC(=O)O. The van der Waals surface area contributed by atoms with Crippen LogP contribution in [0.4, 0.5) is 0 Å². The predicted octanol–water partition coefficient (Wildman–Crippen LogP) is 4.09. The molecular formula is C24H29N3O5. The van der Waals surface area contributed by atoms with Gasteiger partial charge in [0.05, 0.1) is 19.8 Å². The monoisotopic (exact) mass is 439 g/mol. The number of carboxylic acid groups (broad SMARTS) is 1. The molecule has 3 aromatic rings. The molecule has 2 aromatic heterocycles. The van der Waals surface area contributed by atoms with Gasteiger partial charge in [0.2, 0.25) is 5.88 Å². The van der Waals surface area contributed by atoms with E-state index in [2.05, 4.69) is 10.1 Å². The van der Waals surface area contributed by atoms with Crippen molar-refractivity contribution in [3.8, 4) is 23.2 Å². The number of rotatable bonds is 13. The molecule has 0 amide bonds. The van der Waals surface area contributed by atoms with E-state index in [4.69, 9.17) is 19.3 Å². The summed E-state index contributed by atoms with van der Waals surface area (Å²) in [5.41, 5.74) is 1.87. The van der Waals surface area contributed by atoms with Crippen LogP contribution in [-0.4, -0.2) is 45.7 Å². The van der Waals surface area contributed by atoms with Crippen molar-refractivity contribution in [2.75, 3.05) is 19.8 Å². The third kappa shape index (κ3) is 6.47. The minimum Gasteiger partial charge on any atom is -0.493 e. The van der Waals surface area contributed by atoms with E-state index in [1.807, 2.05) is 56.4 Å². The number of carbonyl (C=O) groups is 1. The van der Waals surface area contributed by atoms with Crippen molar-refractivity contribution in [1.82, 2.24) is 14.8 Å². The predicted molar refractivity (Wildman–Crippen MR) is 120 cm³/mol. The summed E-state index contributed by atoms with van der Waals surface area (Å²) in [6, 6.07) is 11.2. The molecule has 0 aliphatic heterocycles. The van der Waals surface area contributed by atoms with E-state index in [-0.39, 0.29) is 6.42 Å². The van der Waals surface area contributed by atoms with E-state index in [0.717, 1.165) is 29.8 Å². The summed E-state index contributed by atoms with van der Waals surface area (Å²) >= 11 is 0. The highest BCUT2D eigenvalue weighted by Crippen LogP contribution is 2.27. The maximum Gasteiger partial charge on any atom is 0.303 e. The van der Waals surface area contributed by atoms with Crippen molar-refractivity contribution in [2.24, 2.45) is 0 Å². The molecule has 0 aliphatic rings. The Labute approximate surface area is 187 Å². The lowest BCUT2D eigenvalue weighted by atomic mass is 10.1. The van der Waals surface area contributed by atoms with E-state index in [0.29, 0.717) is 43.6 Å². The number of aryl methyl sites for hydroxylation is 2. The van der Waals surface area contributed by atoms with Gasteiger partial charge in [0.15, 0.2) is 5.82 Å². The fourth-order valence-corrected chi connectivity index (χ4v) is 3.25. The number of ether oxygens (including phenoxy) is 3. The number of pyridine rings is 1. The van der Waals surface area contributed by atoms with E-state index in [9.17, 15) is 4.79 Å². The van der Waals surface area contributed by atoms with E-state index in [1.165, 1.54) is 0 Å². The summed E-state index contributed by atoms with van der Waals surface area (Å²) in [5, 5.41) is 13.4. The molecule has 0 fully saturated rings. The molecule has 0 saturated carbocycles. The van der Waals surface area contributed by atoms with Crippen LogP contribution in [0, 0.1) is 0 Å². The second-order valence-electron chi connectivity index (χ2n) is 7.07. The van der Waals surface area contributed by atoms with Crippen LogP contribution in [0.2, 0.25) is 0 Å². The summed E-state index contributed by atoms with van der Waals surface area (Å²) in [7, 11) is 0. The molecule has 3 rings (SSSR count). The van der Waals surface area contributed by atoms with Gasteiger partial charge in [-0.3, -0.25) is 4.79 Å². The number of aromatic nitrogens is 3. The van der Waals surface area contributed by atoms with Crippen LogP contribution in [0.3, 0.4) is 0 Å². The zero-order chi connectivity index (χ0) is 22.8. The van der Waals surface area contributed by atoms with Gasteiger partial charge >= 0.3 is 5.97 Å². The number of aliphatic carboxylic acids is 1. The molecule has 32 heavy (non-hydrogen) atoms. The zero-order valence-electron chi connectivity index (χ0n) is 18.5. The van der Waals surface area contributed by atoms with Crippen molar-refractivity contribution < 1.29 is 24.1 Å². The Balaban J connectivity index is 1.59. The number of hydrogen-bond acceptors (Lipinski definition) is 6. The second-order valence-corrected chi connectivity index (χ2v) is 7.07. The average molecular weight is 440 g/mol. The zero-order valence-corrected chi connectivity index (χ0v) is 18.5. The molecule has 0 bridgehead atoms. The Morgan fingerprint density at radius 2 is 1.88 bits per heavy atom. The van der Waals surface area contributed by atoms with E-state index < -0.39 is 5.97 Å². The minimum absolute atomic E-state index is 0.0641. The first kappa shape index (κ1) is 23.1. The normalized spacial score (nSPS) is 10.7. The Hall–Kier alpha value is -3.55. The lowest BCUT2D eigenvalue weighted by molar-refractivity contribution is -0.136. The Morgan fingerprint density at radius 1 is 1.03 bits per heavy atom. The van der Waals surface area contributed by atoms with E-state index >= 15 is 0 Å². The fourth-order valence-electron chi connectivity index (χ4n) is 3.25. The Kier molecular flexibility index (Phi) is 8.48. The molecule has 1 aromatic carbocycles. The second kappa shape index (κ2) is 11.7. The van der Waals surface area contributed by atoms with Crippen LogP contribution in [0.15, 0.2) is 48.8 Å². The first-order valence-corrected chi connectivity index (χ1v) is 10.8. The van der Waals surface area contributed by atoms with Gasteiger partial charge in [0.1, 0.15) is 11.5 Å². The maximum absolute atomic E-state index is 10.9. The molecule has 2 heterocycles. The van der Waals surface area contributed by atoms with Gasteiger partial charge in [-0.1, -0.05) is 12.1 Å². The van der Waals surface area contributed by atoms with Crippen LogP contribution < -0.4 is 14.2 Å². The minimum atomic E-state index is -0.828. The lowest BCUT2D eigenvalue weighted by Gasteiger charge is -2.12.